The molecule has 0 heterocycles. The molecular formula is C83H72N2. The van der Waals surface area contributed by atoms with Gasteiger partial charge >= 0.3 is 0 Å². The molecule has 4 fully saturated rings. The molecule has 0 aromatic heterocycles. The lowest BCUT2D eigenvalue weighted by Crippen LogP contribution is -2.48. The Balaban J connectivity index is 0.830. The second-order valence-electron chi connectivity index (χ2n) is 26.1. The summed E-state index contributed by atoms with van der Waals surface area (Å²) in [5.41, 5.74) is 29.6. The summed E-state index contributed by atoms with van der Waals surface area (Å²) in [5, 5.41) is 0. The first-order chi connectivity index (χ1) is 41.8. The highest BCUT2D eigenvalue weighted by atomic mass is 15.2. The molecule has 0 unspecified atom stereocenters. The van der Waals surface area contributed by atoms with E-state index in [1.807, 2.05) is 0 Å². The van der Waals surface area contributed by atoms with Crippen molar-refractivity contribution >= 4 is 34.1 Å². The number of hydrogen-bond donors (Lipinski definition) is 0. The number of anilines is 6. The number of benzene rings is 11. The minimum atomic E-state index is -0.199. The summed E-state index contributed by atoms with van der Waals surface area (Å²) in [6.45, 7) is 4.83. The largest absolute Gasteiger partial charge is 0.310 e. The van der Waals surface area contributed by atoms with Crippen LogP contribution in [0.1, 0.15) is 91.3 Å². The van der Waals surface area contributed by atoms with E-state index in [4.69, 9.17) is 0 Å². The topological polar surface area (TPSA) is 6.48 Å². The molecule has 8 bridgehead atoms. The maximum Gasteiger partial charge on any atom is 0.0543 e. The predicted molar refractivity (Wildman–Crippen MR) is 356 cm³/mol. The van der Waals surface area contributed by atoms with E-state index in [1.54, 1.807) is 5.56 Å². The van der Waals surface area contributed by atoms with E-state index in [1.165, 1.54) is 156 Å². The average molecular weight is 1100 g/mol. The van der Waals surface area contributed by atoms with E-state index < -0.39 is 0 Å². The molecule has 0 radical (unpaired) electrons. The molecule has 2 heteroatoms. The molecule has 9 aliphatic rings. The van der Waals surface area contributed by atoms with Gasteiger partial charge in [-0.15, -0.1) is 0 Å². The second kappa shape index (κ2) is 21.0. The van der Waals surface area contributed by atoms with Crippen molar-refractivity contribution in [3.8, 4) is 55.6 Å². The summed E-state index contributed by atoms with van der Waals surface area (Å²) in [4.78, 5) is 5.20. The van der Waals surface area contributed by atoms with Crippen molar-refractivity contribution in [2.75, 3.05) is 9.80 Å². The van der Waals surface area contributed by atoms with Gasteiger partial charge in [0.15, 0.2) is 0 Å². The summed E-state index contributed by atoms with van der Waals surface area (Å²) in [6.07, 6.45) is 12.1. The fourth-order valence-corrected chi connectivity index (χ4v) is 16.9. The zero-order chi connectivity index (χ0) is 56.6. The van der Waals surface area contributed by atoms with Gasteiger partial charge in [0.05, 0.1) is 5.69 Å². The number of nitrogens with zero attached hydrogens (tertiary/aromatic N) is 2. The van der Waals surface area contributed by atoms with Gasteiger partial charge in [0.1, 0.15) is 0 Å². The highest BCUT2D eigenvalue weighted by molar-refractivity contribution is 5.98. The summed E-state index contributed by atoms with van der Waals surface area (Å²) in [6, 6.07) is 99.3. The molecule has 4 saturated carbocycles. The first kappa shape index (κ1) is 51.6. The summed E-state index contributed by atoms with van der Waals surface area (Å²) < 4.78 is 0. The highest BCUT2D eigenvalue weighted by Crippen LogP contribution is 2.61. The smallest absolute Gasteiger partial charge is 0.0543 e. The van der Waals surface area contributed by atoms with Crippen molar-refractivity contribution in [2.45, 2.75) is 88.9 Å². The minimum absolute atomic E-state index is 0.199. The van der Waals surface area contributed by atoms with Crippen LogP contribution in [0.25, 0.3) is 55.6 Å². The number of fused-ring (bicyclic) bond motifs is 3. The molecule has 0 saturated heterocycles. The predicted octanol–water partition coefficient (Wildman–Crippen LogP) is 22.0. The molecule has 2 nitrogen and oxygen atoms in total. The van der Waals surface area contributed by atoms with Crippen LogP contribution in [0.4, 0.5) is 34.1 Å². The highest BCUT2D eigenvalue weighted by Gasteiger charge is 2.51. The van der Waals surface area contributed by atoms with E-state index in [2.05, 4.69) is 285 Å². The number of aryl methyl sites for hydroxylation is 4. The lowest BCUT2D eigenvalue weighted by molar-refractivity contribution is -0.00518. The maximum atomic E-state index is 2.63. The minimum Gasteiger partial charge on any atom is -0.310 e. The lowest BCUT2D eigenvalue weighted by atomic mass is 9.48. The molecule has 9 aliphatic carbocycles. The van der Waals surface area contributed by atoms with Crippen LogP contribution >= 0.6 is 0 Å². The SMILES string of the molecule is CC1(C)c2ccccc2-c2cc(-c3ccccc3)c(N(c3ccc(-c4c(-c5ccccc5)cccc4-c4ccccc4)cc3)c3cc4ccc3CCc3ccc(c(N(c5ccccc5)c5ccc(C67CC8CC(CC(C8)C6)C7)cc5)c3)CC4)cc21. The normalized spacial score (nSPS) is 19.4. The van der Waals surface area contributed by atoms with E-state index in [0.717, 1.165) is 49.1 Å². The van der Waals surface area contributed by atoms with Gasteiger partial charge < -0.3 is 9.80 Å². The van der Waals surface area contributed by atoms with Crippen molar-refractivity contribution in [1.82, 2.24) is 0 Å². The monoisotopic (exact) mass is 1100 g/mol. The molecule has 0 N–H and O–H groups in total. The number of rotatable bonds is 11. The third kappa shape index (κ3) is 9.16. The van der Waals surface area contributed by atoms with Gasteiger partial charge in [-0.2, -0.15) is 0 Å². The molecule has 0 aliphatic heterocycles. The summed E-state index contributed by atoms with van der Waals surface area (Å²) in [5.74, 6) is 2.77. The third-order valence-corrected chi connectivity index (χ3v) is 20.6. The number of para-hydroxylation sites is 1. The van der Waals surface area contributed by atoms with Gasteiger partial charge in [-0.05, 0) is 237 Å². The van der Waals surface area contributed by atoms with Gasteiger partial charge in [-0.1, -0.05) is 214 Å². The van der Waals surface area contributed by atoms with Gasteiger partial charge in [-0.25, -0.2) is 0 Å². The zero-order valence-electron chi connectivity index (χ0n) is 49.0. The number of hydrogen-bond acceptors (Lipinski definition) is 2. The van der Waals surface area contributed by atoms with Crippen molar-refractivity contribution < 1.29 is 0 Å². The Morgan fingerprint density at radius 1 is 0.318 bits per heavy atom. The van der Waals surface area contributed by atoms with Crippen LogP contribution < -0.4 is 9.80 Å². The first-order valence-electron chi connectivity index (χ1n) is 31.5. The van der Waals surface area contributed by atoms with Gasteiger partial charge in [0.2, 0.25) is 0 Å². The fourth-order valence-electron chi connectivity index (χ4n) is 16.9. The quantitative estimate of drug-likeness (QED) is 0.127. The van der Waals surface area contributed by atoms with E-state index >= 15 is 0 Å². The Labute approximate surface area is 503 Å². The average Bonchev–Trinajstić information content (AvgIpc) is 2.37. The van der Waals surface area contributed by atoms with Crippen LogP contribution in [-0.2, 0) is 36.5 Å². The van der Waals surface area contributed by atoms with Crippen LogP contribution in [0.3, 0.4) is 0 Å². The Kier molecular flexibility index (Phi) is 12.7. The Bertz CT molecular complexity index is 4180. The van der Waals surface area contributed by atoms with Gasteiger partial charge in [0, 0.05) is 39.4 Å². The Hall–Kier alpha value is -8.98. The first-order valence-corrected chi connectivity index (χ1v) is 31.5. The molecular weight excluding hydrogens is 1020 g/mol. The third-order valence-electron chi connectivity index (χ3n) is 20.6. The molecule has 85 heavy (non-hydrogen) atoms. The molecule has 0 spiro atoms. The molecule has 0 atom stereocenters. The van der Waals surface area contributed by atoms with Crippen LogP contribution in [0.15, 0.2) is 261 Å². The maximum absolute atomic E-state index is 2.63. The lowest BCUT2D eigenvalue weighted by Gasteiger charge is -2.57. The Morgan fingerprint density at radius 3 is 1.34 bits per heavy atom. The van der Waals surface area contributed by atoms with Crippen molar-refractivity contribution in [3.05, 3.63) is 300 Å². The van der Waals surface area contributed by atoms with Crippen LogP contribution in [0.2, 0.25) is 0 Å². The molecule has 11 aromatic rings. The van der Waals surface area contributed by atoms with Crippen molar-refractivity contribution in [1.29, 1.82) is 0 Å². The second-order valence-corrected chi connectivity index (χ2v) is 26.1. The molecule has 11 aromatic carbocycles. The van der Waals surface area contributed by atoms with Gasteiger partial charge in [0.25, 0.3) is 0 Å². The van der Waals surface area contributed by atoms with Crippen LogP contribution in [0.5, 0.6) is 0 Å². The van der Waals surface area contributed by atoms with Gasteiger partial charge in [-0.3, -0.25) is 0 Å². The molecule has 0 amide bonds. The summed E-state index contributed by atoms with van der Waals surface area (Å²) in [7, 11) is 0. The zero-order valence-corrected chi connectivity index (χ0v) is 49.0. The fraction of sp³-hybridized carbons (Fsp3) is 0.205. The van der Waals surface area contributed by atoms with E-state index in [0.29, 0.717) is 5.41 Å². The standard InChI is InChI=1S/C83H72N2/c1-82(2)76-29-16-15-26-73(76)75-51-74(63-22-11-5-12-23-63)80(52-77(75)82)85(70-42-38-66(39-43-70)81-71(61-18-7-3-8-19-61)27-17-28-72(81)62-20-9-4-10-21-62)79-50-57-31-35-64-34-30-56(32-36-65(79)37-33-57)49-78(64)84(68-24-13-6-14-25-68)69-44-40-67(41-45-69)83-53-58-46-59(54-83)48-60(47-58)55-83/h3-30,33-34,37-45,49-52,58-60H,31-32,35-36,46-48,53-55H2,1-2H3. The van der Waals surface area contributed by atoms with E-state index in [-0.39, 0.29) is 5.41 Å². The summed E-state index contributed by atoms with van der Waals surface area (Å²) >= 11 is 0. The van der Waals surface area contributed by atoms with E-state index in [9.17, 15) is 0 Å². The van der Waals surface area contributed by atoms with Crippen molar-refractivity contribution in [2.24, 2.45) is 17.8 Å². The van der Waals surface area contributed by atoms with Crippen molar-refractivity contribution in [3.63, 3.8) is 0 Å². The van der Waals surface area contributed by atoms with Crippen LogP contribution in [0, 0.1) is 17.8 Å². The van der Waals surface area contributed by atoms with Crippen LogP contribution in [-0.4, -0.2) is 0 Å². The Morgan fingerprint density at radius 2 is 0.776 bits per heavy atom. The molecule has 414 valence electrons. The molecule has 20 rings (SSSR count).